The SMILES string of the molecule is Cc1nc2ccc(C3(CN)CCCCC3)cc2[nH]1. The first kappa shape index (κ1) is 11.7. The van der Waals surface area contributed by atoms with E-state index in [4.69, 9.17) is 5.73 Å². The minimum absolute atomic E-state index is 0.200. The van der Waals surface area contributed by atoms with Gasteiger partial charge in [-0.15, -0.1) is 0 Å². The Kier molecular flexibility index (Phi) is 2.86. The van der Waals surface area contributed by atoms with Gasteiger partial charge in [-0.1, -0.05) is 25.3 Å². The van der Waals surface area contributed by atoms with E-state index in [0.717, 1.165) is 23.4 Å². The fourth-order valence-electron chi connectivity index (χ4n) is 3.31. The Bertz CT molecular complexity index is 550. The van der Waals surface area contributed by atoms with E-state index >= 15 is 0 Å². The fourth-order valence-corrected chi connectivity index (χ4v) is 3.31. The summed E-state index contributed by atoms with van der Waals surface area (Å²) in [5, 5.41) is 0. The monoisotopic (exact) mass is 243 g/mol. The number of imidazole rings is 1. The van der Waals surface area contributed by atoms with Gasteiger partial charge in [-0.2, -0.15) is 0 Å². The maximum Gasteiger partial charge on any atom is 0.104 e. The summed E-state index contributed by atoms with van der Waals surface area (Å²) in [4.78, 5) is 7.79. The zero-order valence-electron chi connectivity index (χ0n) is 11.0. The number of hydrogen-bond acceptors (Lipinski definition) is 2. The zero-order valence-corrected chi connectivity index (χ0v) is 11.0. The molecule has 1 fully saturated rings. The summed E-state index contributed by atoms with van der Waals surface area (Å²) in [6.45, 7) is 2.75. The first-order valence-electron chi connectivity index (χ1n) is 6.90. The third kappa shape index (κ3) is 1.83. The number of aromatic nitrogens is 2. The van der Waals surface area contributed by atoms with E-state index < -0.39 is 0 Å². The van der Waals surface area contributed by atoms with Gasteiger partial charge >= 0.3 is 0 Å². The molecule has 3 rings (SSSR count). The molecular weight excluding hydrogens is 222 g/mol. The van der Waals surface area contributed by atoms with Crippen LogP contribution in [0, 0.1) is 6.92 Å². The van der Waals surface area contributed by atoms with Crippen molar-refractivity contribution in [3.05, 3.63) is 29.6 Å². The van der Waals surface area contributed by atoms with Gasteiger partial charge in [0.05, 0.1) is 11.0 Å². The highest BCUT2D eigenvalue weighted by atomic mass is 14.9. The molecule has 2 aromatic rings. The lowest BCUT2D eigenvalue weighted by Gasteiger charge is -2.36. The van der Waals surface area contributed by atoms with Crippen LogP contribution >= 0.6 is 0 Å². The number of nitrogens with zero attached hydrogens (tertiary/aromatic N) is 1. The number of H-pyrrole nitrogens is 1. The van der Waals surface area contributed by atoms with Crippen molar-refractivity contribution in [2.45, 2.75) is 44.4 Å². The van der Waals surface area contributed by atoms with E-state index in [0.29, 0.717) is 0 Å². The molecule has 3 heteroatoms. The average Bonchev–Trinajstić information content (AvgIpc) is 2.78. The number of nitrogens with one attached hydrogen (secondary N) is 1. The van der Waals surface area contributed by atoms with E-state index in [1.54, 1.807) is 0 Å². The molecule has 1 aliphatic rings. The summed E-state index contributed by atoms with van der Waals surface area (Å²) in [5.74, 6) is 0.979. The second-order valence-electron chi connectivity index (χ2n) is 5.60. The van der Waals surface area contributed by atoms with Gasteiger partial charge in [-0.05, 0) is 37.5 Å². The Morgan fingerprint density at radius 3 is 2.78 bits per heavy atom. The lowest BCUT2D eigenvalue weighted by molar-refractivity contribution is 0.301. The van der Waals surface area contributed by atoms with E-state index in [2.05, 4.69) is 28.2 Å². The number of hydrogen-bond donors (Lipinski definition) is 2. The molecule has 1 aromatic carbocycles. The number of rotatable bonds is 2. The molecule has 0 aliphatic heterocycles. The van der Waals surface area contributed by atoms with Gasteiger partial charge in [0.15, 0.2) is 0 Å². The highest BCUT2D eigenvalue weighted by Crippen LogP contribution is 2.39. The van der Waals surface area contributed by atoms with Crippen molar-refractivity contribution < 1.29 is 0 Å². The van der Waals surface area contributed by atoms with Crippen LogP contribution in [0.25, 0.3) is 11.0 Å². The molecule has 0 unspecified atom stereocenters. The summed E-state index contributed by atoms with van der Waals surface area (Å²) >= 11 is 0. The van der Waals surface area contributed by atoms with Crippen LogP contribution in [-0.2, 0) is 5.41 Å². The van der Waals surface area contributed by atoms with Crippen molar-refractivity contribution in [2.75, 3.05) is 6.54 Å². The molecule has 1 heterocycles. The lowest BCUT2D eigenvalue weighted by Crippen LogP contribution is -2.37. The molecule has 0 amide bonds. The molecule has 1 aliphatic carbocycles. The van der Waals surface area contributed by atoms with Crippen molar-refractivity contribution in [3.63, 3.8) is 0 Å². The van der Waals surface area contributed by atoms with Crippen molar-refractivity contribution in [1.29, 1.82) is 0 Å². The first-order chi connectivity index (χ1) is 8.73. The summed E-state index contributed by atoms with van der Waals surface area (Å²) in [7, 11) is 0. The second kappa shape index (κ2) is 4.39. The third-order valence-electron chi connectivity index (χ3n) is 4.41. The maximum atomic E-state index is 6.09. The molecule has 96 valence electrons. The Morgan fingerprint density at radius 2 is 2.06 bits per heavy atom. The number of aryl methyl sites for hydroxylation is 1. The molecule has 1 aromatic heterocycles. The van der Waals surface area contributed by atoms with Crippen molar-refractivity contribution in [1.82, 2.24) is 9.97 Å². The molecule has 0 radical (unpaired) electrons. The smallest absolute Gasteiger partial charge is 0.104 e. The van der Waals surface area contributed by atoms with Gasteiger partial charge in [-0.3, -0.25) is 0 Å². The van der Waals surface area contributed by atoms with E-state index in [9.17, 15) is 0 Å². The molecule has 0 spiro atoms. The number of benzene rings is 1. The Morgan fingerprint density at radius 1 is 1.28 bits per heavy atom. The first-order valence-corrected chi connectivity index (χ1v) is 6.90. The molecule has 3 nitrogen and oxygen atoms in total. The Hall–Kier alpha value is -1.35. The second-order valence-corrected chi connectivity index (χ2v) is 5.60. The minimum Gasteiger partial charge on any atom is -0.342 e. The highest BCUT2D eigenvalue weighted by Gasteiger charge is 2.32. The lowest BCUT2D eigenvalue weighted by atomic mass is 9.69. The van der Waals surface area contributed by atoms with Crippen LogP contribution in [0.4, 0.5) is 0 Å². The van der Waals surface area contributed by atoms with Crippen molar-refractivity contribution in [2.24, 2.45) is 5.73 Å². The molecule has 1 saturated carbocycles. The fraction of sp³-hybridized carbons (Fsp3) is 0.533. The molecule has 18 heavy (non-hydrogen) atoms. The van der Waals surface area contributed by atoms with Crippen LogP contribution < -0.4 is 5.73 Å². The van der Waals surface area contributed by atoms with Crippen LogP contribution in [0.2, 0.25) is 0 Å². The zero-order chi connectivity index (χ0) is 12.6. The predicted molar refractivity (Wildman–Crippen MR) is 74.6 cm³/mol. The minimum atomic E-state index is 0.200. The van der Waals surface area contributed by atoms with Gasteiger partial charge in [0.1, 0.15) is 5.82 Å². The van der Waals surface area contributed by atoms with Crippen LogP contribution in [0.15, 0.2) is 18.2 Å². The normalized spacial score (nSPS) is 19.2. The Balaban J connectivity index is 2.05. The van der Waals surface area contributed by atoms with Gasteiger partial charge in [0.2, 0.25) is 0 Å². The number of fused-ring (bicyclic) bond motifs is 1. The third-order valence-corrected chi connectivity index (χ3v) is 4.41. The predicted octanol–water partition coefficient (Wildman–Crippen LogP) is 3.03. The summed E-state index contributed by atoms with van der Waals surface area (Å²) < 4.78 is 0. The Labute approximate surface area is 108 Å². The van der Waals surface area contributed by atoms with Crippen molar-refractivity contribution >= 4 is 11.0 Å². The largest absolute Gasteiger partial charge is 0.342 e. The summed E-state index contributed by atoms with van der Waals surface area (Å²) in [6, 6.07) is 6.61. The van der Waals surface area contributed by atoms with Crippen LogP contribution in [-0.4, -0.2) is 16.5 Å². The van der Waals surface area contributed by atoms with Gasteiger partial charge in [-0.25, -0.2) is 4.98 Å². The van der Waals surface area contributed by atoms with Gasteiger partial charge in [0.25, 0.3) is 0 Å². The van der Waals surface area contributed by atoms with E-state index in [1.807, 2.05) is 6.92 Å². The molecular formula is C15H21N3. The standard InChI is InChI=1S/C15H21N3/c1-11-17-13-6-5-12(9-14(13)18-11)15(10-16)7-3-2-4-8-15/h5-6,9H,2-4,7-8,10,16H2,1H3,(H,17,18). The molecule has 0 atom stereocenters. The number of aromatic amines is 1. The quantitative estimate of drug-likeness (QED) is 0.851. The summed E-state index contributed by atoms with van der Waals surface area (Å²) in [6.07, 6.45) is 6.41. The van der Waals surface area contributed by atoms with E-state index in [-0.39, 0.29) is 5.41 Å². The van der Waals surface area contributed by atoms with Crippen LogP contribution in [0.1, 0.15) is 43.5 Å². The van der Waals surface area contributed by atoms with Gasteiger partial charge in [0, 0.05) is 12.0 Å². The highest BCUT2D eigenvalue weighted by molar-refractivity contribution is 5.76. The van der Waals surface area contributed by atoms with Crippen LogP contribution in [0.5, 0.6) is 0 Å². The van der Waals surface area contributed by atoms with Crippen molar-refractivity contribution in [3.8, 4) is 0 Å². The maximum absolute atomic E-state index is 6.09. The molecule has 3 N–H and O–H groups in total. The average molecular weight is 243 g/mol. The molecule has 0 saturated heterocycles. The van der Waals surface area contributed by atoms with Crippen LogP contribution in [0.3, 0.4) is 0 Å². The molecule has 0 bridgehead atoms. The topological polar surface area (TPSA) is 54.7 Å². The van der Waals surface area contributed by atoms with Gasteiger partial charge < -0.3 is 10.7 Å². The number of nitrogens with two attached hydrogens (primary N) is 1. The summed E-state index contributed by atoms with van der Waals surface area (Å²) in [5.41, 5.74) is 9.88. The van der Waals surface area contributed by atoms with E-state index in [1.165, 1.54) is 37.7 Å².